The maximum Gasteiger partial charge on any atom is 0.317 e. The van der Waals surface area contributed by atoms with E-state index in [0.717, 1.165) is 11.8 Å². The predicted octanol–water partition coefficient (Wildman–Crippen LogP) is 0.808. The van der Waals surface area contributed by atoms with Crippen LogP contribution in [-0.2, 0) is 14.4 Å². The topological polar surface area (TPSA) is 104 Å². The molecule has 0 aliphatic heterocycles. The number of carboxylic acids is 2. The summed E-state index contributed by atoms with van der Waals surface area (Å²) in [5.41, 5.74) is 0. The maximum atomic E-state index is 11.6. The zero-order valence-corrected chi connectivity index (χ0v) is 11.5. The smallest absolute Gasteiger partial charge is 0.317 e. The number of carbonyl (C=O) groups is 3. The van der Waals surface area contributed by atoms with Crippen LogP contribution in [0.5, 0.6) is 0 Å². The highest BCUT2D eigenvalue weighted by Crippen LogP contribution is 2.18. The van der Waals surface area contributed by atoms with E-state index in [9.17, 15) is 14.4 Å². The lowest BCUT2D eigenvalue weighted by Gasteiger charge is -2.16. The standard InChI is InChI=1S/C11H19NO5S/c1-6(2)12-10(15)7(3)5-18-8(11(16)17)4-9(13)14/h6-8H,4-5H2,1-3H3,(H,12,15)(H,13,14)(H,16,17). The van der Waals surface area contributed by atoms with Crippen LogP contribution < -0.4 is 5.32 Å². The molecule has 6 nitrogen and oxygen atoms in total. The second-order valence-corrected chi connectivity index (χ2v) is 5.56. The molecule has 0 heterocycles. The average Bonchev–Trinajstić information content (AvgIpc) is 2.21. The van der Waals surface area contributed by atoms with E-state index in [1.165, 1.54) is 0 Å². The van der Waals surface area contributed by atoms with Gasteiger partial charge >= 0.3 is 11.9 Å². The molecule has 3 N–H and O–H groups in total. The molecule has 0 radical (unpaired) electrons. The van der Waals surface area contributed by atoms with Gasteiger partial charge in [0.1, 0.15) is 5.25 Å². The van der Waals surface area contributed by atoms with Crippen LogP contribution in [0.15, 0.2) is 0 Å². The van der Waals surface area contributed by atoms with Crippen molar-refractivity contribution in [2.75, 3.05) is 5.75 Å². The van der Waals surface area contributed by atoms with Gasteiger partial charge < -0.3 is 15.5 Å². The first-order chi connectivity index (χ1) is 8.23. The molecule has 18 heavy (non-hydrogen) atoms. The molecule has 0 aromatic heterocycles. The van der Waals surface area contributed by atoms with Gasteiger partial charge in [-0.25, -0.2) is 0 Å². The Balaban J connectivity index is 4.22. The van der Waals surface area contributed by atoms with Crippen LogP contribution in [0.2, 0.25) is 0 Å². The number of amides is 1. The first-order valence-corrected chi connectivity index (χ1v) is 6.65. The molecule has 0 rings (SSSR count). The third-order valence-corrected chi connectivity index (χ3v) is 3.52. The molecule has 7 heteroatoms. The van der Waals surface area contributed by atoms with Gasteiger partial charge in [-0.1, -0.05) is 6.92 Å². The summed E-state index contributed by atoms with van der Waals surface area (Å²) >= 11 is 0.980. The lowest BCUT2D eigenvalue weighted by Crippen LogP contribution is -2.36. The van der Waals surface area contributed by atoms with Gasteiger partial charge in [0.2, 0.25) is 5.91 Å². The summed E-state index contributed by atoms with van der Waals surface area (Å²) in [6.07, 6.45) is -0.446. The Labute approximate surface area is 110 Å². The van der Waals surface area contributed by atoms with E-state index < -0.39 is 23.6 Å². The number of nitrogens with one attached hydrogen (secondary N) is 1. The summed E-state index contributed by atoms with van der Waals surface area (Å²) in [5.74, 6) is -2.55. The number of thioether (sulfide) groups is 1. The molecule has 0 fully saturated rings. The quantitative estimate of drug-likeness (QED) is 0.606. The summed E-state index contributed by atoms with van der Waals surface area (Å²) in [7, 11) is 0. The van der Waals surface area contributed by atoms with Crippen molar-refractivity contribution in [3.63, 3.8) is 0 Å². The van der Waals surface area contributed by atoms with Crippen molar-refractivity contribution in [3.8, 4) is 0 Å². The second-order valence-electron chi connectivity index (χ2n) is 4.32. The number of hydrogen-bond donors (Lipinski definition) is 3. The summed E-state index contributed by atoms with van der Waals surface area (Å²) in [6.45, 7) is 5.36. The van der Waals surface area contributed by atoms with Crippen LogP contribution in [0.25, 0.3) is 0 Å². The van der Waals surface area contributed by atoms with Crippen molar-refractivity contribution in [1.29, 1.82) is 0 Å². The normalized spacial score (nSPS) is 14.0. The molecule has 0 saturated heterocycles. The van der Waals surface area contributed by atoms with Gasteiger partial charge in [-0.2, -0.15) is 0 Å². The van der Waals surface area contributed by atoms with Crippen molar-refractivity contribution in [2.45, 2.75) is 38.5 Å². The van der Waals surface area contributed by atoms with Crippen LogP contribution in [0.3, 0.4) is 0 Å². The average molecular weight is 277 g/mol. The van der Waals surface area contributed by atoms with Gasteiger partial charge in [0, 0.05) is 17.7 Å². The van der Waals surface area contributed by atoms with Gasteiger partial charge in [0.25, 0.3) is 0 Å². The van der Waals surface area contributed by atoms with Crippen LogP contribution in [0.4, 0.5) is 0 Å². The van der Waals surface area contributed by atoms with Gasteiger partial charge in [-0.3, -0.25) is 14.4 Å². The summed E-state index contributed by atoms with van der Waals surface area (Å²) in [6, 6.07) is 0.0271. The Morgan fingerprint density at radius 2 is 1.72 bits per heavy atom. The predicted molar refractivity (Wildman–Crippen MR) is 68.6 cm³/mol. The number of hydrogen-bond acceptors (Lipinski definition) is 4. The van der Waals surface area contributed by atoms with E-state index in [2.05, 4.69) is 5.32 Å². The number of rotatable bonds is 8. The molecular formula is C11H19NO5S. The maximum absolute atomic E-state index is 11.6. The highest BCUT2D eigenvalue weighted by molar-refractivity contribution is 8.00. The third-order valence-electron chi connectivity index (χ3n) is 2.06. The highest BCUT2D eigenvalue weighted by Gasteiger charge is 2.24. The van der Waals surface area contributed by atoms with E-state index in [-0.39, 0.29) is 23.6 Å². The largest absolute Gasteiger partial charge is 0.481 e. The molecule has 104 valence electrons. The Hall–Kier alpha value is -1.24. The van der Waals surface area contributed by atoms with Crippen LogP contribution in [0, 0.1) is 5.92 Å². The Bertz CT molecular complexity index is 319. The number of carboxylic acid groups (broad SMARTS) is 2. The zero-order valence-electron chi connectivity index (χ0n) is 10.7. The van der Waals surface area contributed by atoms with Crippen LogP contribution in [-0.4, -0.2) is 45.1 Å². The van der Waals surface area contributed by atoms with Crippen molar-refractivity contribution < 1.29 is 24.6 Å². The summed E-state index contributed by atoms with van der Waals surface area (Å²) < 4.78 is 0. The van der Waals surface area contributed by atoms with Crippen LogP contribution in [0.1, 0.15) is 27.2 Å². The van der Waals surface area contributed by atoms with Crippen molar-refractivity contribution in [1.82, 2.24) is 5.32 Å². The minimum absolute atomic E-state index is 0.0271. The lowest BCUT2D eigenvalue weighted by atomic mass is 10.2. The minimum atomic E-state index is -1.17. The minimum Gasteiger partial charge on any atom is -0.481 e. The van der Waals surface area contributed by atoms with E-state index in [0.29, 0.717) is 0 Å². The molecule has 2 unspecified atom stereocenters. The van der Waals surface area contributed by atoms with Gasteiger partial charge in [0.05, 0.1) is 6.42 Å². The summed E-state index contributed by atoms with van der Waals surface area (Å²) in [4.78, 5) is 32.9. The highest BCUT2D eigenvalue weighted by atomic mass is 32.2. The Morgan fingerprint density at radius 3 is 2.11 bits per heavy atom. The molecule has 0 aromatic rings. The molecular weight excluding hydrogens is 258 g/mol. The van der Waals surface area contributed by atoms with Gasteiger partial charge in [-0.15, -0.1) is 11.8 Å². The fraction of sp³-hybridized carbons (Fsp3) is 0.727. The van der Waals surface area contributed by atoms with E-state index in [1.54, 1.807) is 6.92 Å². The zero-order chi connectivity index (χ0) is 14.3. The second kappa shape index (κ2) is 7.97. The number of aliphatic carboxylic acids is 2. The molecule has 0 aliphatic carbocycles. The van der Waals surface area contributed by atoms with E-state index in [1.807, 2.05) is 13.8 Å². The Morgan fingerprint density at radius 1 is 1.17 bits per heavy atom. The molecule has 0 aliphatic rings. The third kappa shape index (κ3) is 7.16. The first-order valence-electron chi connectivity index (χ1n) is 5.60. The number of carbonyl (C=O) groups excluding carboxylic acids is 1. The molecule has 0 spiro atoms. The molecule has 0 saturated carbocycles. The molecule has 1 amide bonds. The Kier molecular flexibility index (Phi) is 7.42. The van der Waals surface area contributed by atoms with Gasteiger partial charge in [-0.05, 0) is 13.8 Å². The lowest BCUT2D eigenvalue weighted by molar-refractivity contribution is -0.142. The van der Waals surface area contributed by atoms with Crippen molar-refractivity contribution >= 4 is 29.6 Å². The van der Waals surface area contributed by atoms with Crippen molar-refractivity contribution in [3.05, 3.63) is 0 Å². The monoisotopic (exact) mass is 277 g/mol. The first kappa shape index (κ1) is 16.8. The van der Waals surface area contributed by atoms with Crippen LogP contribution >= 0.6 is 11.8 Å². The fourth-order valence-electron chi connectivity index (χ4n) is 1.14. The molecule has 2 atom stereocenters. The summed E-state index contributed by atoms with van der Waals surface area (Å²) in [5, 5.41) is 19.1. The van der Waals surface area contributed by atoms with E-state index >= 15 is 0 Å². The fourth-order valence-corrected chi connectivity index (χ4v) is 2.21. The van der Waals surface area contributed by atoms with Crippen molar-refractivity contribution in [2.24, 2.45) is 5.92 Å². The van der Waals surface area contributed by atoms with E-state index in [4.69, 9.17) is 10.2 Å². The van der Waals surface area contributed by atoms with Gasteiger partial charge in [0.15, 0.2) is 0 Å². The SMILES string of the molecule is CC(C)NC(=O)C(C)CSC(CC(=O)O)C(=O)O. The molecule has 0 aromatic carbocycles. The molecule has 0 bridgehead atoms.